The van der Waals surface area contributed by atoms with Crippen molar-refractivity contribution in [2.45, 2.75) is 30.7 Å². The van der Waals surface area contributed by atoms with Crippen LogP contribution in [0, 0.1) is 18.3 Å². The number of nitrogens with zero attached hydrogens (tertiary/aromatic N) is 2. The summed E-state index contributed by atoms with van der Waals surface area (Å²) in [5.74, 6) is 0.0988. The fourth-order valence-electron chi connectivity index (χ4n) is 2.48. The minimum absolute atomic E-state index is 0.0988. The van der Waals surface area contributed by atoms with Gasteiger partial charge in [-0.05, 0) is 25.0 Å². The van der Waals surface area contributed by atoms with E-state index in [0.717, 1.165) is 11.3 Å². The summed E-state index contributed by atoms with van der Waals surface area (Å²) in [5, 5.41) is 8.65. The molecule has 5 heteroatoms. The van der Waals surface area contributed by atoms with Crippen LogP contribution >= 0.6 is 0 Å². The van der Waals surface area contributed by atoms with E-state index < -0.39 is 9.84 Å². The van der Waals surface area contributed by atoms with E-state index in [1.165, 1.54) is 0 Å². The fourth-order valence-corrected chi connectivity index (χ4v) is 4.44. The van der Waals surface area contributed by atoms with Gasteiger partial charge in [0.25, 0.3) is 0 Å². The Morgan fingerprint density at radius 3 is 2.89 bits per heavy atom. The molecule has 18 heavy (non-hydrogen) atoms. The number of hydrogen-bond acceptors (Lipinski definition) is 4. The molecule has 0 radical (unpaired) electrons. The molecule has 0 saturated heterocycles. The zero-order chi connectivity index (χ0) is 13.3. The van der Waals surface area contributed by atoms with E-state index in [4.69, 9.17) is 5.26 Å². The third-order valence-electron chi connectivity index (χ3n) is 3.44. The Bertz CT molecular complexity index is 602. The molecule has 1 heterocycles. The van der Waals surface area contributed by atoms with Gasteiger partial charge >= 0.3 is 0 Å². The van der Waals surface area contributed by atoms with Crippen molar-refractivity contribution in [3.63, 3.8) is 0 Å². The van der Waals surface area contributed by atoms with Crippen molar-refractivity contribution >= 4 is 15.5 Å². The highest BCUT2D eigenvalue weighted by molar-refractivity contribution is 7.91. The zero-order valence-corrected chi connectivity index (χ0v) is 11.4. The molecule has 0 amide bonds. The third kappa shape index (κ3) is 2.08. The van der Waals surface area contributed by atoms with Gasteiger partial charge in [-0.1, -0.05) is 12.1 Å². The van der Waals surface area contributed by atoms with Crippen LogP contribution in [0.25, 0.3) is 0 Å². The van der Waals surface area contributed by atoms with E-state index >= 15 is 0 Å². The second kappa shape index (κ2) is 4.62. The van der Waals surface area contributed by atoms with E-state index in [0.29, 0.717) is 17.7 Å². The van der Waals surface area contributed by atoms with Crippen molar-refractivity contribution in [3.8, 4) is 6.07 Å². The first-order chi connectivity index (χ1) is 8.47. The van der Waals surface area contributed by atoms with Gasteiger partial charge in [0.1, 0.15) is 0 Å². The van der Waals surface area contributed by atoms with Crippen LogP contribution in [0.3, 0.4) is 0 Å². The molecule has 0 spiro atoms. The van der Waals surface area contributed by atoms with Gasteiger partial charge in [-0.15, -0.1) is 0 Å². The largest absolute Gasteiger partial charge is 0.369 e. The summed E-state index contributed by atoms with van der Waals surface area (Å²) in [4.78, 5) is 2.42. The summed E-state index contributed by atoms with van der Waals surface area (Å²) in [6.07, 6.45) is 0.964. The van der Waals surface area contributed by atoms with Crippen molar-refractivity contribution in [3.05, 3.63) is 23.8 Å². The summed E-state index contributed by atoms with van der Waals surface area (Å²) >= 11 is 0. The molecule has 2 rings (SSSR count). The zero-order valence-electron chi connectivity index (χ0n) is 10.5. The number of sulfone groups is 1. The van der Waals surface area contributed by atoms with Crippen molar-refractivity contribution in [2.24, 2.45) is 0 Å². The van der Waals surface area contributed by atoms with Gasteiger partial charge in [-0.3, -0.25) is 0 Å². The summed E-state index contributed by atoms with van der Waals surface area (Å²) in [6.45, 7) is 1.91. The number of benzene rings is 1. The van der Waals surface area contributed by atoms with Crippen LogP contribution in [0.1, 0.15) is 18.4 Å². The number of rotatable bonds is 2. The molecule has 4 nitrogen and oxygen atoms in total. The normalized spacial score (nSPS) is 21.2. The lowest BCUT2D eigenvalue weighted by atomic mass is 10.1. The van der Waals surface area contributed by atoms with Crippen LogP contribution in [-0.4, -0.2) is 27.3 Å². The molecule has 0 aromatic heterocycles. The first kappa shape index (κ1) is 12.9. The van der Waals surface area contributed by atoms with Crippen LogP contribution < -0.4 is 4.90 Å². The van der Waals surface area contributed by atoms with Crippen molar-refractivity contribution in [2.75, 3.05) is 17.7 Å². The van der Waals surface area contributed by atoms with E-state index in [2.05, 4.69) is 6.07 Å². The monoisotopic (exact) mass is 264 g/mol. The van der Waals surface area contributed by atoms with Crippen LogP contribution in [-0.2, 0) is 9.84 Å². The lowest BCUT2D eigenvalue weighted by Crippen LogP contribution is -2.42. The van der Waals surface area contributed by atoms with E-state index in [-0.39, 0.29) is 11.8 Å². The first-order valence-corrected chi connectivity index (χ1v) is 7.55. The number of nitriles is 1. The maximum atomic E-state index is 12.2. The predicted octanol–water partition coefficient (Wildman–Crippen LogP) is 1.89. The standard InChI is InChI=1S/C13H16N2O2S/c1-10-5-3-7-12-13(10)15(2)11(6-4-8-14)9-18(12,16)17/h3,5,7,11H,4,6,9H2,1-2H3. The van der Waals surface area contributed by atoms with Gasteiger partial charge in [-0.25, -0.2) is 8.42 Å². The molecule has 1 aliphatic rings. The Labute approximate surface area is 108 Å². The Morgan fingerprint density at radius 2 is 2.22 bits per heavy atom. The number of para-hydroxylation sites is 1. The fraction of sp³-hybridized carbons (Fsp3) is 0.462. The van der Waals surface area contributed by atoms with Crippen molar-refractivity contribution < 1.29 is 8.42 Å². The highest BCUT2D eigenvalue weighted by Crippen LogP contribution is 2.36. The van der Waals surface area contributed by atoms with Gasteiger partial charge in [-0.2, -0.15) is 5.26 Å². The molecule has 0 fully saturated rings. The van der Waals surface area contributed by atoms with Crippen molar-refractivity contribution in [1.29, 1.82) is 5.26 Å². The second-order valence-electron chi connectivity index (χ2n) is 4.66. The van der Waals surface area contributed by atoms with Gasteiger partial charge in [0, 0.05) is 19.5 Å². The first-order valence-electron chi connectivity index (χ1n) is 5.89. The minimum Gasteiger partial charge on any atom is -0.369 e. The lowest BCUT2D eigenvalue weighted by Gasteiger charge is -2.36. The van der Waals surface area contributed by atoms with Crippen LogP contribution in [0.5, 0.6) is 0 Å². The van der Waals surface area contributed by atoms with E-state index in [1.54, 1.807) is 12.1 Å². The average molecular weight is 264 g/mol. The second-order valence-corrected chi connectivity index (χ2v) is 6.67. The van der Waals surface area contributed by atoms with E-state index in [1.807, 2.05) is 24.9 Å². The lowest BCUT2D eigenvalue weighted by molar-refractivity contribution is 0.560. The summed E-state index contributed by atoms with van der Waals surface area (Å²) in [6, 6.07) is 7.32. The molecule has 96 valence electrons. The van der Waals surface area contributed by atoms with Crippen molar-refractivity contribution in [1.82, 2.24) is 0 Å². The van der Waals surface area contributed by atoms with Gasteiger partial charge in [0.15, 0.2) is 9.84 Å². The molecule has 0 aliphatic carbocycles. The molecule has 0 N–H and O–H groups in total. The Morgan fingerprint density at radius 1 is 1.50 bits per heavy atom. The van der Waals surface area contributed by atoms with Gasteiger partial charge in [0.2, 0.25) is 0 Å². The molecule has 1 aliphatic heterocycles. The summed E-state index contributed by atoms with van der Waals surface area (Å²) < 4.78 is 24.5. The maximum Gasteiger partial charge on any atom is 0.182 e. The molecule has 1 aromatic carbocycles. The number of aryl methyl sites for hydroxylation is 1. The quantitative estimate of drug-likeness (QED) is 0.818. The maximum absolute atomic E-state index is 12.2. The molecular formula is C13H16N2O2S. The van der Waals surface area contributed by atoms with Gasteiger partial charge in [0.05, 0.1) is 22.4 Å². The highest BCUT2D eigenvalue weighted by atomic mass is 32.2. The Balaban J connectivity index is 2.50. The SMILES string of the molecule is Cc1cccc2c1N(C)C(CCC#N)CS2(=O)=O. The average Bonchev–Trinajstić information content (AvgIpc) is 2.32. The molecule has 1 unspecified atom stereocenters. The topological polar surface area (TPSA) is 61.2 Å². The van der Waals surface area contributed by atoms with Gasteiger partial charge < -0.3 is 4.90 Å². The number of anilines is 1. The van der Waals surface area contributed by atoms with E-state index in [9.17, 15) is 8.42 Å². The highest BCUT2D eigenvalue weighted by Gasteiger charge is 2.34. The molecular weight excluding hydrogens is 248 g/mol. The third-order valence-corrected chi connectivity index (χ3v) is 5.26. The molecule has 0 saturated carbocycles. The van der Waals surface area contributed by atoms with Crippen LogP contribution in [0.2, 0.25) is 0 Å². The number of fused-ring (bicyclic) bond motifs is 1. The molecule has 1 aromatic rings. The smallest absolute Gasteiger partial charge is 0.182 e. The predicted molar refractivity (Wildman–Crippen MR) is 70.3 cm³/mol. The summed E-state index contributed by atoms with van der Waals surface area (Å²) in [7, 11) is -1.32. The Hall–Kier alpha value is -1.54. The molecule has 1 atom stereocenters. The molecule has 0 bridgehead atoms. The van der Waals surface area contributed by atoms with Crippen LogP contribution in [0.15, 0.2) is 23.1 Å². The van der Waals surface area contributed by atoms with Crippen LogP contribution in [0.4, 0.5) is 5.69 Å². The number of hydrogen-bond donors (Lipinski definition) is 0. The summed E-state index contributed by atoms with van der Waals surface area (Å²) in [5.41, 5.74) is 1.74. The Kier molecular flexibility index (Phi) is 3.31. The minimum atomic E-state index is -3.23.